The van der Waals surface area contributed by atoms with Gasteiger partial charge in [0.25, 0.3) is 0 Å². The lowest BCUT2D eigenvalue weighted by Crippen LogP contribution is -2.69. The van der Waals surface area contributed by atoms with Gasteiger partial charge in [-0.05, 0) is 73.0 Å². The maximum Gasteiger partial charge on any atom is 0.122 e. The van der Waals surface area contributed by atoms with Gasteiger partial charge in [0.15, 0.2) is 0 Å². The Hall–Kier alpha value is -0.320. The van der Waals surface area contributed by atoms with Crippen LogP contribution >= 0.6 is 0 Å². The zero-order valence-electron chi connectivity index (χ0n) is 39.0. The minimum Gasteiger partial charge on any atom is -0.394 e. The van der Waals surface area contributed by atoms with Gasteiger partial charge in [0.2, 0.25) is 0 Å². The second kappa shape index (κ2) is 29.9. The smallest absolute Gasteiger partial charge is 0.122 e. The van der Waals surface area contributed by atoms with Crippen molar-refractivity contribution in [3.8, 4) is 0 Å². The van der Waals surface area contributed by atoms with E-state index in [1.54, 1.807) is 0 Å². The first-order valence-corrected chi connectivity index (χ1v) is 24.2. The fourth-order valence-corrected chi connectivity index (χ4v) is 9.27. The number of hydrogen-bond donors (Lipinski definition) is 7. The monoisotopic (exact) mass is 815 g/mol. The molecule has 1 heterocycles. The van der Waals surface area contributed by atoms with Gasteiger partial charge in [0.05, 0.1) is 12.7 Å². The van der Waals surface area contributed by atoms with Gasteiger partial charge >= 0.3 is 0 Å². The Morgan fingerprint density at radius 2 is 0.772 bits per heavy atom. The van der Waals surface area contributed by atoms with Crippen molar-refractivity contribution in [1.29, 1.82) is 0 Å². The summed E-state index contributed by atoms with van der Waals surface area (Å²) >= 11 is 0. The SMILES string of the molecule is CC(C)CCCC(C)CCCC(C)CCCC(C)CCC(O)C(O)C(O)(CCC(C)CCCC(C)CCCC(C)CCCC(C)C)C1O[C@H](CO)[C@@H](O)[C@H](O)[C@H]1O. The zero-order chi connectivity index (χ0) is 43.1. The Morgan fingerprint density at radius 3 is 1.12 bits per heavy atom. The lowest BCUT2D eigenvalue weighted by atomic mass is 9.75. The summed E-state index contributed by atoms with van der Waals surface area (Å²) in [6.45, 7) is 22.3. The first-order valence-electron chi connectivity index (χ1n) is 24.2. The molecule has 0 aromatic rings. The largest absolute Gasteiger partial charge is 0.394 e. The van der Waals surface area contributed by atoms with E-state index in [1.165, 1.54) is 83.5 Å². The van der Waals surface area contributed by atoms with Crippen LogP contribution in [0.2, 0.25) is 0 Å². The molecule has 0 amide bonds. The molecular weight excluding hydrogens is 717 g/mol. The summed E-state index contributed by atoms with van der Waals surface area (Å²) in [5, 5.41) is 77.2. The molecule has 1 rings (SSSR count). The summed E-state index contributed by atoms with van der Waals surface area (Å²) < 4.78 is 5.83. The van der Waals surface area contributed by atoms with Crippen LogP contribution in [0.3, 0.4) is 0 Å². The third-order valence-electron chi connectivity index (χ3n) is 13.8. The van der Waals surface area contributed by atoms with Crippen LogP contribution in [-0.2, 0) is 4.74 Å². The summed E-state index contributed by atoms with van der Waals surface area (Å²) in [5.74, 6) is 5.04. The van der Waals surface area contributed by atoms with E-state index >= 15 is 0 Å². The van der Waals surface area contributed by atoms with Crippen LogP contribution in [-0.4, -0.2) is 90.7 Å². The average Bonchev–Trinajstić information content (AvgIpc) is 3.14. The quantitative estimate of drug-likeness (QED) is 0.0339. The Morgan fingerprint density at radius 1 is 0.439 bits per heavy atom. The van der Waals surface area contributed by atoms with Gasteiger partial charge in [-0.25, -0.2) is 0 Å². The molecule has 1 fully saturated rings. The van der Waals surface area contributed by atoms with Crippen LogP contribution < -0.4 is 0 Å². The van der Waals surface area contributed by atoms with E-state index in [0.717, 1.165) is 55.8 Å². The highest BCUT2D eigenvalue weighted by atomic mass is 16.6. The van der Waals surface area contributed by atoms with E-state index in [-0.39, 0.29) is 18.8 Å². The van der Waals surface area contributed by atoms with Gasteiger partial charge < -0.3 is 40.5 Å². The Balaban J connectivity index is 2.68. The molecule has 0 aliphatic carbocycles. The first-order chi connectivity index (χ1) is 26.8. The molecule has 57 heavy (non-hydrogen) atoms. The second-order valence-electron chi connectivity index (χ2n) is 20.9. The van der Waals surface area contributed by atoms with Crippen molar-refractivity contribution in [1.82, 2.24) is 0 Å². The molecule has 1 saturated heterocycles. The van der Waals surface area contributed by atoms with E-state index in [0.29, 0.717) is 30.6 Å². The molecule has 0 saturated carbocycles. The van der Waals surface area contributed by atoms with Crippen LogP contribution in [0.25, 0.3) is 0 Å². The highest BCUT2D eigenvalue weighted by Crippen LogP contribution is 2.37. The van der Waals surface area contributed by atoms with Gasteiger partial charge in [-0.1, -0.05) is 185 Å². The Labute approximate surface area is 352 Å². The number of rotatable bonds is 34. The second-order valence-corrected chi connectivity index (χ2v) is 20.9. The lowest BCUT2D eigenvalue weighted by Gasteiger charge is -2.49. The molecule has 1 aliphatic heterocycles. The van der Waals surface area contributed by atoms with Crippen LogP contribution in [0.5, 0.6) is 0 Å². The lowest BCUT2D eigenvalue weighted by molar-refractivity contribution is -0.293. The zero-order valence-corrected chi connectivity index (χ0v) is 39.0. The molecule has 0 bridgehead atoms. The third-order valence-corrected chi connectivity index (χ3v) is 13.8. The minimum atomic E-state index is -2.11. The molecule has 14 atom stereocenters. The molecule has 8 nitrogen and oxygen atoms in total. The van der Waals surface area contributed by atoms with Crippen molar-refractivity contribution in [3.63, 3.8) is 0 Å². The van der Waals surface area contributed by atoms with Gasteiger partial charge in [-0.15, -0.1) is 0 Å². The molecule has 0 spiro atoms. The summed E-state index contributed by atoms with van der Waals surface area (Å²) in [6, 6.07) is 0. The van der Waals surface area contributed by atoms with E-state index in [1.807, 2.05) is 0 Å². The van der Waals surface area contributed by atoms with Crippen molar-refractivity contribution in [2.75, 3.05) is 6.61 Å². The molecule has 1 aliphatic rings. The van der Waals surface area contributed by atoms with Crippen molar-refractivity contribution in [2.45, 2.75) is 259 Å². The fraction of sp³-hybridized carbons (Fsp3) is 1.00. The highest BCUT2D eigenvalue weighted by molar-refractivity contribution is 5.06. The fourth-order valence-electron chi connectivity index (χ4n) is 9.27. The number of ether oxygens (including phenoxy) is 1. The summed E-state index contributed by atoms with van der Waals surface area (Å²) in [5.41, 5.74) is -2.11. The van der Waals surface area contributed by atoms with Gasteiger partial charge in [0.1, 0.15) is 42.2 Å². The summed E-state index contributed by atoms with van der Waals surface area (Å²) in [7, 11) is 0. The molecule has 7 N–H and O–H groups in total. The molecule has 0 radical (unpaired) electrons. The predicted molar refractivity (Wildman–Crippen MR) is 237 cm³/mol. The molecule has 0 aromatic heterocycles. The molecule has 10 unspecified atom stereocenters. The summed E-state index contributed by atoms with van der Waals surface area (Å²) in [4.78, 5) is 0. The van der Waals surface area contributed by atoms with Crippen molar-refractivity contribution < 1.29 is 40.5 Å². The Bertz CT molecular complexity index is 962. The molecule has 8 heteroatoms. The van der Waals surface area contributed by atoms with Crippen LogP contribution in [0.1, 0.15) is 210 Å². The van der Waals surface area contributed by atoms with Gasteiger partial charge in [0, 0.05) is 0 Å². The van der Waals surface area contributed by atoms with E-state index in [9.17, 15) is 35.7 Å². The molecular formula is C49H98O8. The van der Waals surface area contributed by atoms with E-state index < -0.39 is 54.9 Å². The van der Waals surface area contributed by atoms with Crippen molar-refractivity contribution in [3.05, 3.63) is 0 Å². The maximum absolute atomic E-state index is 12.2. The van der Waals surface area contributed by atoms with E-state index in [2.05, 4.69) is 69.2 Å². The standard InChI is InChI=1S/C49H98O8/c1-34(2)17-11-19-36(5)21-13-23-38(7)25-15-27-40(9)29-30-42(51)47(55)49(56,48-46(54)45(53)44(52)43(33-50)57-48)32-31-41(10)28-16-26-39(8)24-14-22-37(6)20-12-18-35(3)4/h34-48,50-56H,11-33H2,1-10H3/t36?,37?,38?,39?,40?,41?,42?,43-,44-,45+,46-,47?,48?,49?/m1/s1. The van der Waals surface area contributed by atoms with E-state index in [4.69, 9.17) is 4.74 Å². The van der Waals surface area contributed by atoms with Crippen molar-refractivity contribution in [2.24, 2.45) is 47.3 Å². The highest BCUT2D eigenvalue weighted by Gasteiger charge is 2.56. The van der Waals surface area contributed by atoms with Crippen LogP contribution in [0, 0.1) is 47.3 Å². The topological polar surface area (TPSA) is 151 Å². The van der Waals surface area contributed by atoms with Crippen LogP contribution in [0.15, 0.2) is 0 Å². The minimum absolute atomic E-state index is 0.0313. The first kappa shape index (κ1) is 54.7. The predicted octanol–water partition coefficient (Wildman–Crippen LogP) is 9.99. The molecule has 0 aromatic carbocycles. The molecule has 342 valence electrons. The van der Waals surface area contributed by atoms with Gasteiger partial charge in [-0.3, -0.25) is 0 Å². The van der Waals surface area contributed by atoms with Gasteiger partial charge in [-0.2, -0.15) is 0 Å². The van der Waals surface area contributed by atoms with Crippen LogP contribution in [0.4, 0.5) is 0 Å². The third kappa shape index (κ3) is 22.4. The number of aliphatic hydroxyl groups excluding tert-OH is 6. The summed E-state index contributed by atoms with van der Waals surface area (Å²) in [6.07, 6.45) is 13.0. The average molecular weight is 815 g/mol. The number of aliphatic hydroxyl groups is 7. The maximum atomic E-state index is 12.2. The number of hydrogen-bond acceptors (Lipinski definition) is 8. The normalized spacial score (nSPS) is 25.8. The van der Waals surface area contributed by atoms with Crippen molar-refractivity contribution >= 4 is 0 Å². The Kier molecular flexibility index (Phi) is 28.6.